The van der Waals surface area contributed by atoms with Crippen molar-refractivity contribution in [2.45, 2.75) is 32.6 Å². The van der Waals surface area contributed by atoms with Crippen LogP contribution in [0, 0.1) is 6.92 Å². The second kappa shape index (κ2) is 7.98. The number of aryl methyl sites for hydroxylation is 1. The second-order valence-electron chi connectivity index (χ2n) is 5.23. The first-order chi connectivity index (χ1) is 10.1. The topological polar surface area (TPSA) is 54.6 Å². The highest BCUT2D eigenvalue weighted by molar-refractivity contribution is 5.13. The highest BCUT2D eigenvalue weighted by atomic mass is 16.5. The Kier molecular flexibility index (Phi) is 5.99. The van der Waals surface area contributed by atoms with E-state index in [9.17, 15) is 5.11 Å². The van der Waals surface area contributed by atoms with Crippen LogP contribution in [-0.2, 0) is 11.3 Å². The minimum absolute atomic E-state index is 0.0717. The maximum Gasteiger partial charge on any atom is 0.120 e. The quantitative estimate of drug-likeness (QED) is 0.784. The SMILES string of the molecule is Cc1ccc(C(C)NCC(O)COCc2ccccc2)o1. The zero-order valence-electron chi connectivity index (χ0n) is 12.6. The van der Waals surface area contributed by atoms with Crippen LogP contribution in [0.4, 0.5) is 0 Å². The van der Waals surface area contributed by atoms with E-state index in [4.69, 9.17) is 9.15 Å². The van der Waals surface area contributed by atoms with E-state index in [0.717, 1.165) is 17.1 Å². The Morgan fingerprint density at radius 3 is 2.62 bits per heavy atom. The number of aliphatic hydroxyl groups excluding tert-OH is 1. The fourth-order valence-corrected chi connectivity index (χ4v) is 2.05. The van der Waals surface area contributed by atoms with Crippen molar-refractivity contribution in [3.05, 3.63) is 59.5 Å². The molecule has 4 nitrogen and oxygen atoms in total. The average molecular weight is 289 g/mol. The molecule has 1 aromatic carbocycles. The molecular weight excluding hydrogens is 266 g/mol. The molecule has 1 aromatic heterocycles. The largest absolute Gasteiger partial charge is 0.465 e. The molecular formula is C17H23NO3. The summed E-state index contributed by atoms with van der Waals surface area (Å²) < 4.78 is 11.1. The summed E-state index contributed by atoms with van der Waals surface area (Å²) in [5.41, 5.74) is 1.11. The van der Waals surface area contributed by atoms with Gasteiger partial charge in [-0.15, -0.1) is 0 Å². The van der Waals surface area contributed by atoms with Crippen LogP contribution in [0.15, 0.2) is 46.9 Å². The van der Waals surface area contributed by atoms with Gasteiger partial charge >= 0.3 is 0 Å². The van der Waals surface area contributed by atoms with E-state index in [0.29, 0.717) is 19.8 Å². The Morgan fingerprint density at radius 1 is 1.19 bits per heavy atom. The zero-order chi connectivity index (χ0) is 15.1. The van der Waals surface area contributed by atoms with E-state index < -0.39 is 6.10 Å². The summed E-state index contributed by atoms with van der Waals surface area (Å²) in [4.78, 5) is 0. The molecule has 114 valence electrons. The van der Waals surface area contributed by atoms with Gasteiger partial charge in [-0.25, -0.2) is 0 Å². The number of benzene rings is 1. The van der Waals surface area contributed by atoms with Gasteiger partial charge in [0.2, 0.25) is 0 Å². The van der Waals surface area contributed by atoms with Gasteiger partial charge in [0.1, 0.15) is 11.5 Å². The van der Waals surface area contributed by atoms with Crippen LogP contribution in [-0.4, -0.2) is 24.4 Å². The summed E-state index contributed by atoms with van der Waals surface area (Å²) in [5, 5.41) is 13.1. The molecule has 0 fully saturated rings. The zero-order valence-corrected chi connectivity index (χ0v) is 12.6. The molecule has 0 spiro atoms. The van der Waals surface area contributed by atoms with E-state index in [1.54, 1.807) is 0 Å². The van der Waals surface area contributed by atoms with Crippen molar-refractivity contribution in [1.29, 1.82) is 0 Å². The third kappa shape index (κ3) is 5.34. The van der Waals surface area contributed by atoms with Crippen molar-refractivity contribution in [1.82, 2.24) is 5.32 Å². The van der Waals surface area contributed by atoms with Crippen molar-refractivity contribution < 1.29 is 14.3 Å². The first-order valence-corrected chi connectivity index (χ1v) is 7.24. The lowest BCUT2D eigenvalue weighted by Crippen LogP contribution is -2.32. The molecule has 4 heteroatoms. The van der Waals surface area contributed by atoms with Crippen molar-refractivity contribution in [2.24, 2.45) is 0 Å². The molecule has 2 rings (SSSR count). The molecule has 2 aromatic rings. The summed E-state index contributed by atoms with van der Waals surface area (Å²) in [6.45, 7) is 5.23. The smallest absolute Gasteiger partial charge is 0.120 e. The summed E-state index contributed by atoms with van der Waals surface area (Å²) in [6, 6.07) is 13.9. The highest BCUT2D eigenvalue weighted by Gasteiger charge is 2.11. The number of aliphatic hydroxyl groups is 1. The van der Waals surface area contributed by atoms with Crippen molar-refractivity contribution in [2.75, 3.05) is 13.2 Å². The highest BCUT2D eigenvalue weighted by Crippen LogP contribution is 2.15. The van der Waals surface area contributed by atoms with Crippen LogP contribution >= 0.6 is 0 Å². The summed E-state index contributed by atoms with van der Waals surface area (Å²) >= 11 is 0. The van der Waals surface area contributed by atoms with Gasteiger partial charge in [-0.05, 0) is 31.5 Å². The number of nitrogens with one attached hydrogen (secondary N) is 1. The summed E-state index contributed by atoms with van der Waals surface area (Å²) in [5.74, 6) is 1.77. The maximum atomic E-state index is 9.91. The van der Waals surface area contributed by atoms with E-state index in [2.05, 4.69) is 5.32 Å². The number of rotatable bonds is 8. The van der Waals surface area contributed by atoms with Crippen LogP contribution in [0.2, 0.25) is 0 Å². The van der Waals surface area contributed by atoms with Crippen molar-refractivity contribution >= 4 is 0 Å². The monoisotopic (exact) mass is 289 g/mol. The van der Waals surface area contributed by atoms with E-state index >= 15 is 0 Å². The molecule has 0 radical (unpaired) electrons. The minimum atomic E-state index is -0.535. The Balaban J connectivity index is 1.64. The van der Waals surface area contributed by atoms with Crippen LogP contribution in [0.25, 0.3) is 0 Å². The number of hydrogen-bond acceptors (Lipinski definition) is 4. The molecule has 2 atom stereocenters. The molecule has 1 heterocycles. The van der Waals surface area contributed by atoms with Gasteiger partial charge in [0.05, 0.1) is 25.4 Å². The van der Waals surface area contributed by atoms with Crippen LogP contribution in [0.1, 0.15) is 30.0 Å². The van der Waals surface area contributed by atoms with Gasteiger partial charge in [0.15, 0.2) is 0 Å². The van der Waals surface area contributed by atoms with Crippen LogP contribution < -0.4 is 5.32 Å². The predicted molar refractivity (Wildman–Crippen MR) is 82.0 cm³/mol. The Bertz CT molecular complexity index is 524. The normalized spacial score (nSPS) is 14.0. The molecule has 0 aliphatic carbocycles. The first kappa shape index (κ1) is 15.8. The van der Waals surface area contributed by atoms with E-state index in [1.807, 2.05) is 56.3 Å². The number of furan rings is 1. The Morgan fingerprint density at radius 2 is 1.95 bits per heavy atom. The fourth-order valence-electron chi connectivity index (χ4n) is 2.05. The Hall–Kier alpha value is -1.62. The van der Waals surface area contributed by atoms with Gasteiger partial charge < -0.3 is 19.6 Å². The van der Waals surface area contributed by atoms with Crippen molar-refractivity contribution in [3.8, 4) is 0 Å². The maximum absolute atomic E-state index is 9.91. The summed E-state index contributed by atoms with van der Waals surface area (Å²) in [6.07, 6.45) is -0.535. The molecule has 0 aliphatic heterocycles. The van der Waals surface area contributed by atoms with Gasteiger partial charge in [0.25, 0.3) is 0 Å². The van der Waals surface area contributed by atoms with Gasteiger partial charge in [-0.3, -0.25) is 0 Å². The molecule has 2 N–H and O–H groups in total. The van der Waals surface area contributed by atoms with E-state index in [1.165, 1.54) is 0 Å². The van der Waals surface area contributed by atoms with Crippen LogP contribution in [0.5, 0.6) is 0 Å². The average Bonchev–Trinajstić information content (AvgIpc) is 2.92. The van der Waals surface area contributed by atoms with Gasteiger partial charge in [-0.1, -0.05) is 30.3 Å². The molecule has 0 aliphatic rings. The molecule has 2 unspecified atom stereocenters. The van der Waals surface area contributed by atoms with Crippen molar-refractivity contribution in [3.63, 3.8) is 0 Å². The second-order valence-corrected chi connectivity index (χ2v) is 5.23. The van der Waals surface area contributed by atoms with Gasteiger partial charge in [0, 0.05) is 6.54 Å². The first-order valence-electron chi connectivity index (χ1n) is 7.24. The van der Waals surface area contributed by atoms with E-state index in [-0.39, 0.29) is 6.04 Å². The Labute approximate surface area is 125 Å². The fraction of sp³-hybridized carbons (Fsp3) is 0.412. The molecule has 0 saturated heterocycles. The van der Waals surface area contributed by atoms with Gasteiger partial charge in [-0.2, -0.15) is 0 Å². The third-order valence-electron chi connectivity index (χ3n) is 3.27. The molecule has 0 saturated carbocycles. The minimum Gasteiger partial charge on any atom is -0.465 e. The molecule has 21 heavy (non-hydrogen) atoms. The molecule has 0 amide bonds. The summed E-state index contributed by atoms with van der Waals surface area (Å²) in [7, 11) is 0. The number of ether oxygens (including phenoxy) is 1. The number of hydrogen-bond donors (Lipinski definition) is 2. The van der Waals surface area contributed by atoms with Crippen LogP contribution in [0.3, 0.4) is 0 Å². The molecule has 0 bridgehead atoms. The standard InChI is InChI=1S/C17H23NO3/c1-13-8-9-17(21-13)14(2)18-10-16(19)12-20-11-15-6-4-3-5-7-15/h3-9,14,16,18-19H,10-12H2,1-2H3. The lowest BCUT2D eigenvalue weighted by atomic mass is 10.2. The predicted octanol–water partition coefficient (Wildman–Crippen LogP) is 2.82. The third-order valence-corrected chi connectivity index (χ3v) is 3.27. The lowest BCUT2D eigenvalue weighted by molar-refractivity contribution is 0.0275. The lowest BCUT2D eigenvalue weighted by Gasteiger charge is -2.16.